The van der Waals surface area contributed by atoms with Gasteiger partial charge in [0, 0.05) is 32.2 Å². The van der Waals surface area contributed by atoms with Gasteiger partial charge in [-0.25, -0.2) is 0 Å². The summed E-state index contributed by atoms with van der Waals surface area (Å²) in [6.07, 6.45) is 2.36. The number of hydrogen-bond acceptors (Lipinski definition) is 6. The molecule has 0 amide bonds. The molecule has 0 aromatic carbocycles. The molecule has 6 nitrogen and oxygen atoms in total. The van der Waals surface area contributed by atoms with E-state index in [4.69, 9.17) is 9.15 Å². The van der Waals surface area contributed by atoms with Gasteiger partial charge in [-0.15, -0.1) is 5.10 Å². The van der Waals surface area contributed by atoms with E-state index in [0.29, 0.717) is 30.4 Å². The molecule has 1 aliphatic rings. The zero-order chi connectivity index (χ0) is 13.7. The third-order valence-electron chi connectivity index (χ3n) is 3.31. The fourth-order valence-corrected chi connectivity index (χ4v) is 2.35. The molecule has 1 unspecified atom stereocenters. The van der Waals surface area contributed by atoms with Crippen LogP contribution in [0.5, 0.6) is 0 Å². The van der Waals surface area contributed by atoms with Gasteiger partial charge in [-0.1, -0.05) is 18.9 Å². The molecule has 1 fully saturated rings. The predicted octanol–water partition coefficient (Wildman–Crippen LogP) is 1.43. The van der Waals surface area contributed by atoms with E-state index in [1.807, 2.05) is 0 Å². The van der Waals surface area contributed by atoms with Crippen molar-refractivity contribution >= 4 is 6.01 Å². The maximum atomic E-state index is 5.70. The standard InChI is InChI=1S/C13H24N4O2/c1-10(2)14-7-12-15-16-13(19-12)17-6-4-5-11(8-17)9-18-3/h10-11,14H,4-9H2,1-3H3. The Morgan fingerprint density at radius 3 is 3.05 bits per heavy atom. The van der Waals surface area contributed by atoms with Gasteiger partial charge in [-0.3, -0.25) is 0 Å². The van der Waals surface area contributed by atoms with Crippen LogP contribution in [-0.2, 0) is 11.3 Å². The van der Waals surface area contributed by atoms with Gasteiger partial charge in [0.25, 0.3) is 0 Å². The van der Waals surface area contributed by atoms with Crippen LogP contribution in [0.1, 0.15) is 32.6 Å². The molecule has 2 heterocycles. The van der Waals surface area contributed by atoms with E-state index in [1.165, 1.54) is 6.42 Å². The first-order valence-corrected chi connectivity index (χ1v) is 6.98. The quantitative estimate of drug-likeness (QED) is 0.842. The van der Waals surface area contributed by atoms with E-state index in [0.717, 1.165) is 26.1 Å². The Hall–Kier alpha value is -1.14. The lowest BCUT2D eigenvalue weighted by Crippen LogP contribution is -2.37. The third kappa shape index (κ3) is 4.18. The van der Waals surface area contributed by atoms with Gasteiger partial charge in [-0.2, -0.15) is 0 Å². The fourth-order valence-electron chi connectivity index (χ4n) is 2.35. The highest BCUT2D eigenvalue weighted by Crippen LogP contribution is 2.22. The molecule has 108 valence electrons. The van der Waals surface area contributed by atoms with E-state index in [1.54, 1.807) is 7.11 Å². The highest BCUT2D eigenvalue weighted by Gasteiger charge is 2.23. The maximum absolute atomic E-state index is 5.70. The first kappa shape index (κ1) is 14.3. The lowest BCUT2D eigenvalue weighted by molar-refractivity contribution is 0.142. The van der Waals surface area contributed by atoms with Crippen LogP contribution in [0, 0.1) is 5.92 Å². The monoisotopic (exact) mass is 268 g/mol. The van der Waals surface area contributed by atoms with Crippen molar-refractivity contribution in [3.63, 3.8) is 0 Å². The van der Waals surface area contributed by atoms with Gasteiger partial charge in [0.05, 0.1) is 13.2 Å². The number of rotatable bonds is 6. The zero-order valence-corrected chi connectivity index (χ0v) is 12.1. The molecule has 1 aliphatic heterocycles. The lowest BCUT2D eigenvalue weighted by Gasteiger charge is -2.30. The summed E-state index contributed by atoms with van der Waals surface area (Å²) in [7, 11) is 1.75. The van der Waals surface area contributed by atoms with Gasteiger partial charge in [-0.05, 0) is 12.8 Å². The zero-order valence-electron chi connectivity index (χ0n) is 12.1. The van der Waals surface area contributed by atoms with Crippen LogP contribution in [0.3, 0.4) is 0 Å². The van der Waals surface area contributed by atoms with E-state index in [9.17, 15) is 0 Å². The van der Waals surface area contributed by atoms with Crippen molar-refractivity contribution in [1.82, 2.24) is 15.5 Å². The number of aromatic nitrogens is 2. The molecule has 2 rings (SSSR count). The first-order chi connectivity index (χ1) is 9.19. The van der Waals surface area contributed by atoms with Gasteiger partial charge in [0.1, 0.15) is 0 Å². The summed E-state index contributed by atoms with van der Waals surface area (Å²) in [4.78, 5) is 2.17. The van der Waals surface area contributed by atoms with Gasteiger partial charge < -0.3 is 19.4 Å². The number of nitrogens with zero attached hydrogens (tertiary/aromatic N) is 3. The summed E-state index contributed by atoms with van der Waals surface area (Å²) in [5.41, 5.74) is 0. The number of hydrogen-bond donors (Lipinski definition) is 1. The molecule has 0 spiro atoms. The molecule has 0 radical (unpaired) electrons. The van der Waals surface area contributed by atoms with Gasteiger partial charge >= 0.3 is 6.01 Å². The number of nitrogens with one attached hydrogen (secondary N) is 1. The Kier molecular flexibility index (Phi) is 5.15. The summed E-state index contributed by atoms with van der Waals surface area (Å²) in [6, 6.07) is 1.05. The SMILES string of the molecule is COCC1CCCN(c2nnc(CNC(C)C)o2)C1. The van der Waals surface area contributed by atoms with Crippen molar-refractivity contribution in [2.45, 2.75) is 39.3 Å². The number of ether oxygens (including phenoxy) is 1. The number of methoxy groups -OCH3 is 1. The van der Waals surface area contributed by atoms with Crippen molar-refractivity contribution < 1.29 is 9.15 Å². The highest BCUT2D eigenvalue weighted by molar-refractivity contribution is 5.25. The number of anilines is 1. The maximum Gasteiger partial charge on any atom is 0.318 e. The molecule has 0 saturated carbocycles. The smallest absolute Gasteiger partial charge is 0.318 e. The van der Waals surface area contributed by atoms with Crippen molar-refractivity contribution in [2.24, 2.45) is 5.92 Å². The summed E-state index contributed by atoms with van der Waals surface area (Å²) in [5.74, 6) is 1.21. The molecule has 6 heteroatoms. The van der Waals surface area contributed by atoms with E-state index in [2.05, 4.69) is 34.3 Å². The topological polar surface area (TPSA) is 63.4 Å². The lowest BCUT2D eigenvalue weighted by atomic mass is 9.99. The third-order valence-corrected chi connectivity index (χ3v) is 3.31. The molecule has 1 atom stereocenters. The fraction of sp³-hybridized carbons (Fsp3) is 0.846. The van der Waals surface area contributed by atoms with Gasteiger partial charge in [0.15, 0.2) is 0 Å². The first-order valence-electron chi connectivity index (χ1n) is 6.98. The van der Waals surface area contributed by atoms with Crippen molar-refractivity contribution in [2.75, 3.05) is 31.7 Å². The van der Waals surface area contributed by atoms with Crippen LogP contribution in [-0.4, -0.2) is 43.0 Å². The highest BCUT2D eigenvalue weighted by atomic mass is 16.5. The molecular formula is C13H24N4O2. The van der Waals surface area contributed by atoms with E-state index >= 15 is 0 Å². The molecular weight excluding hydrogens is 244 g/mol. The average molecular weight is 268 g/mol. The summed E-state index contributed by atoms with van der Waals surface area (Å²) in [6.45, 7) is 7.54. The van der Waals surface area contributed by atoms with E-state index in [-0.39, 0.29) is 0 Å². The van der Waals surface area contributed by atoms with Crippen molar-refractivity contribution in [3.8, 4) is 0 Å². The largest absolute Gasteiger partial charge is 0.407 e. The Morgan fingerprint density at radius 2 is 2.32 bits per heavy atom. The molecule has 1 N–H and O–H groups in total. The van der Waals surface area contributed by atoms with Crippen LogP contribution >= 0.6 is 0 Å². The summed E-state index contributed by atoms with van der Waals surface area (Å²) in [5, 5.41) is 11.5. The van der Waals surface area contributed by atoms with Crippen molar-refractivity contribution in [1.29, 1.82) is 0 Å². The Morgan fingerprint density at radius 1 is 1.47 bits per heavy atom. The molecule has 19 heavy (non-hydrogen) atoms. The Labute approximate surface area is 114 Å². The average Bonchev–Trinajstić information content (AvgIpc) is 2.86. The second-order valence-electron chi connectivity index (χ2n) is 5.42. The normalized spacial score (nSPS) is 20.2. The second kappa shape index (κ2) is 6.86. The van der Waals surface area contributed by atoms with Crippen LogP contribution in [0.15, 0.2) is 4.42 Å². The molecule has 1 aromatic rings. The number of piperidine rings is 1. The minimum atomic E-state index is 0.413. The van der Waals surface area contributed by atoms with E-state index < -0.39 is 0 Å². The molecule has 0 bridgehead atoms. The predicted molar refractivity (Wildman–Crippen MR) is 73.1 cm³/mol. The summed E-state index contributed by atoms with van der Waals surface area (Å²) >= 11 is 0. The van der Waals surface area contributed by atoms with Crippen LogP contribution in [0.2, 0.25) is 0 Å². The Bertz CT molecular complexity index is 378. The minimum absolute atomic E-state index is 0.413. The molecule has 1 saturated heterocycles. The minimum Gasteiger partial charge on any atom is -0.407 e. The van der Waals surface area contributed by atoms with Gasteiger partial charge in [0.2, 0.25) is 5.89 Å². The molecule has 0 aliphatic carbocycles. The van der Waals surface area contributed by atoms with Crippen LogP contribution in [0.25, 0.3) is 0 Å². The molecule has 1 aromatic heterocycles. The summed E-state index contributed by atoms with van der Waals surface area (Å²) < 4.78 is 10.9. The van der Waals surface area contributed by atoms with Crippen molar-refractivity contribution in [3.05, 3.63) is 5.89 Å². The Balaban J connectivity index is 1.90. The van der Waals surface area contributed by atoms with Crippen LogP contribution in [0.4, 0.5) is 6.01 Å². The second-order valence-corrected chi connectivity index (χ2v) is 5.42. The van der Waals surface area contributed by atoms with Crippen LogP contribution < -0.4 is 10.2 Å².